The molecule has 0 radical (unpaired) electrons. The number of unbranched alkanes of at least 4 members (excludes halogenated alkanes) is 6. The van der Waals surface area contributed by atoms with Crippen molar-refractivity contribution in [3.8, 4) is 0 Å². The van der Waals surface area contributed by atoms with Gasteiger partial charge < -0.3 is 18.1 Å². The quantitative estimate of drug-likeness (QED) is 0.0942. The van der Waals surface area contributed by atoms with Crippen LogP contribution in [0.2, 0.25) is 0 Å². The van der Waals surface area contributed by atoms with E-state index in [4.69, 9.17) is 41.7 Å². The molecule has 164 valence electrons. The van der Waals surface area contributed by atoms with Gasteiger partial charge in [-0.1, -0.05) is 47.3 Å². The zero-order valence-corrected chi connectivity index (χ0v) is 22.9. The molecule has 0 heterocycles. The zero-order chi connectivity index (χ0) is 20.4. The van der Waals surface area contributed by atoms with E-state index in [2.05, 4.69) is 0 Å². The summed E-state index contributed by atoms with van der Waals surface area (Å²) in [5, 5.41) is 0. The second kappa shape index (κ2) is 18.9. The van der Waals surface area contributed by atoms with Gasteiger partial charge in [0.2, 0.25) is 0 Å². The van der Waals surface area contributed by atoms with E-state index in [1.54, 1.807) is 28.4 Å². The summed E-state index contributed by atoms with van der Waals surface area (Å²) in [6.45, 7) is -3.95. The minimum atomic E-state index is -1.97. The standard InChI is InChI=1S/C16H36O4P2S5/c1-17-21(23,18-2)13-9-5-7-11-15-25-27-26-16-12-8-6-10-14-22(24,19-3)20-4/h5-16H2,1-4H3. The van der Waals surface area contributed by atoms with Crippen molar-refractivity contribution in [2.24, 2.45) is 0 Å². The summed E-state index contributed by atoms with van der Waals surface area (Å²) in [6.07, 6.45) is 11.5. The molecule has 11 heteroatoms. The van der Waals surface area contributed by atoms with E-state index in [9.17, 15) is 0 Å². The minimum Gasteiger partial charge on any atom is -0.333 e. The van der Waals surface area contributed by atoms with Crippen molar-refractivity contribution in [1.82, 2.24) is 0 Å². The van der Waals surface area contributed by atoms with Crippen LogP contribution in [0.15, 0.2) is 0 Å². The molecule has 0 atom stereocenters. The van der Waals surface area contributed by atoms with Crippen molar-refractivity contribution in [2.75, 3.05) is 52.3 Å². The van der Waals surface area contributed by atoms with Crippen molar-refractivity contribution < 1.29 is 18.1 Å². The first-order valence-corrected chi connectivity index (χ1v) is 18.7. The molecule has 0 rings (SSSR count). The Balaban J connectivity index is 3.30. The maximum Gasteiger partial charge on any atom is 0.188 e. The van der Waals surface area contributed by atoms with Crippen LogP contribution >= 0.6 is 44.4 Å². The summed E-state index contributed by atoms with van der Waals surface area (Å²) in [5.41, 5.74) is 0. The van der Waals surface area contributed by atoms with Crippen LogP contribution in [0.4, 0.5) is 0 Å². The van der Waals surface area contributed by atoms with Gasteiger partial charge in [-0.2, -0.15) is 0 Å². The molecule has 0 aliphatic heterocycles. The molecule has 0 aliphatic carbocycles. The third-order valence-corrected chi connectivity index (χ3v) is 15.3. The molecule has 0 saturated heterocycles. The van der Waals surface area contributed by atoms with Gasteiger partial charge in [0, 0.05) is 52.3 Å². The van der Waals surface area contributed by atoms with Gasteiger partial charge in [-0.3, -0.25) is 0 Å². The first kappa shape index (κ1) is 29.2. The topological polar surface area (TPSA) is 36.9 Å². The summed E-state index contributed by atoms with van der Waals surface area (Å²) in [5.74, 6) is 2.44. The van der Waals surface area contributed by atoms with Crippen molar-refractivity contribution in [2.45, 2.75) is 51.4 Å². The lowest BCUT2D eigenvalue weighted by atomic mass is 10.2. The van der Waals surface area contributed by atoms with E-state index < -0.39 is 13.0 Å². The molecule has 0 saturated carbocycles. The molecular formula is C16H36O4P2S5. The van der Waals surface area contributed by atoms with Gasteiger partial charge in [-0.05, 0) is 59.1 Å². The van der Waals surface area contributed by atoms with Crippen molar-refractivity contribution in [3.63, 3.8) is 0 Å². The van der Waals surface area contributed by atoms with Crippen molar-refractivity contribution in [3.05, 3.63) is 0 Å². The molecule has 0 aromatic carbocycles. The van der Waals surface area contributed by atoms with Gasteiger partial charge in [0.15, 0.2) is 13.0 Å². The molecule has 27 heavy (non-hydrogen) atoms. The average molecular weight is 515 g/mol. The summed E-state index contributed by atoms with van der Waals surface area (Å²) < 4.78 is 21.2. The summed E-state index contributed by atoms with van der Waals surface area (Å²) >= 11 is 10.7. The van der Waals surface area contributed by atoms with Crippen LogP contribution in [-0.2, 0) is 41.7 Å². The van der Waals surface area contributed by atoms with E-state index in [0.29, 0.717) is 0 Å². The third-order valence-electron chi connectivity index (χ3n) is 4.03. The Kier molecular flexibility index (Phi) is 20.5. The molecule has 0 aromatic heterocycles. The third kappa shape index (κ3) is 16.5. The molecule has 4 nitrogen and oxygen atoms in total. The number of rotatable bonds is 20. The van der Waals surface area contributed by atoms with Gasteiger partial charge >= 0.3 is 0 Å². The van der Waals surface area contributed by atoms with E-state index in [1.807, 2.05) is 31.4 Å². The SMILES string of the molecule is COP(=S)(CCCCCCSSSCCCCCCP(=S)(OC)OC)OC. The summed E-state index contributed by atoms with van der Waals surface area (Å²) in [7, 11) is 12.5. The highest BCUT2D eigenvalue weighted by Gasteiger charge is 2.14. The highest BCUT2D eigenvalue weighted by molar-refractivity contribution is 9.09. The van der Waals surface area contributed by atoms with Gasteiger partial charge in [0.05, 0.1) is 0 Å². The van der Waals surface area contributed by atoms with Crippen LogP contribution in [0.5, 0.6) is 0 Å². The van der Waals surface area contributed by atoms with Crippen LogP contribution in [0.3, 0.4) is 0 Å². The lowest BCUT2D eigenvalue weighted by Gasteiger charge is -2.17. The summed E-state index contributed by atoms with van der Waals surface area (Å²) in [6, 6.07) is 0. The maximum atomic E-state index is 5.37. The molecule has 0 fully saturated rings. The van der Waals surface area contributed by atoms with E-state index in [0.717, 1.165) is 25.2 Å². The Labute approximate surface area is 188 Å². The van der Waals surface area contributed by atoms with Crippen LogP contribution in [0, 0.1) is 0 Å². The fraction of sp³-hybridized carbons (Fsp3) is 1.00. The lowest BCUT2D eigenvalue weighted by Crippen LogP contribution is -1.94. The Hall–Kier alpha value is 2.19. The molecule has 0 amide bonds. The van der Waals surface area contributed by atoms with Crippen LogP contribution < -0.4 is 0 Å². The summed E-state index contributed by atoms with van der Waals surface area (Å²) in [4.78, 5) is 0. The molecular weight excluding hydrogens is 478 g/mol. The van der Waals surface area contributed by atoms with Crippen molar-refractivity contribution >= 4 is 68.0 Å². The first-order chi connectivity index (χ1) is 12.9. The first-order valence-electron chi connectivity index (χ1n) is 9.27. The molecule has 0 spiro atoms. The predicted molar refractivity (Wildman–Crippen MR) is 136 cm³/mol. The van der Waals surface area contributed by atoms with Gasteiger partial charge in [0.25, 0.3) is 0 Å². The van der Waals surface area contributed by atoms with Crippen molar-refractivity contribution in [1.29, 1.82) is 0 Å². The van der Waals surface area contributed by atoms with Crippen LogP contribution in [-0.4, -0.2) is 52.3 Å². The molecule has 0 unspecified atom stereocenters. The monoisotopic (exact) mass is 514 g/mol. The largest absolute Gasteiger partial charge is 0.333 e. The second-order valence-corrected chi connectivity index (χ2v) is 18.5. The fourth-order valence-corrected chi connectivity index (χ4v) is 9.29. The Bertz CT molecular complexity index is 389. The van der Waals surface area contributed by atoms with Crippen LogP contribution in [0.25, 0.3) is 0 Å². The fourth-order valence-electron chi connectivity index (χ4n) is 2.26. The lowest BCUT2D eigenvalue weighted by molar-refractivity contribution is 0.335. The predicted octanol–water partition coefficient (Wildman–Crippen LogP) is 7.34. The normalized spacial score (nSPS) is 12.6. The Morgan fingerprint density at radius 3 is 1.22 bits per heavy atom. The number of hydrogen-bond acceptors (Lipinski definition) is 9. The zero-order valence-electron chi connectivity index (χ0n) is 17.1. The molecule has 0 bridgehead atoms. The Morgan fingerprint density at radius 1 is 0.556 bits per heavy atom. The molecule has 0 aromatic rings. The highest BCUT2D eigenvalue weighted by atomic mass is 33.5. The smallest absolute Gasteiger partial charge is 0.188 e. The van der Waals surface area contributed by atoms with E-state index >= 15 is 0 Å². The highest BCUT2D eigenvalue weighted by Crippen LogP contribution is 2.48. The Morgan fingerprint density at radius 2 is 0.889 bits per heavy atom. The molecule has 0 N–H and O–H groups in total. The number of hydrogen-bond donors (Lipinski definition) is 0. The van der Waals surface area contributed by atoms with Crippen LogP contribution in [0.1, 0.15) is 51.4 Å². The second-order valence-electron chi connectivity index (χ2n) is 5.94. The maximum absolute atomic E-state index is 5.37. The van der Waals surface area contributed by atoms with Gasteiger partial charge in [0.1, 0.15) is 0 Å². The molecule has 0 aliphatic rings. The van der Waals surface area contributed by atoms with E-state index in [-0.39, 0.29) is 0 Å². The average Bonchev–Trinajstić information content (AvgIpc) is 2.70. The minimum absolute atomic E-state index is 0.888. The van der Waals surface area contributed by atoms with Gasteiger partial charge in [-0.15, -0.1) is 0 Å². The van der Waals surface area contributed by atoms with Gasteiger partial charge in [-0.25, -0.2) is 0 Å². The van der Waals surface area contributed by atoms with E-state index in [1.165, 1.54) is 50.0 Å².